The molecule has 0 aliphatic heterocycles. The number of urea groups is 1. The molecule has 5 nitrogen and oxygen atoms in total. The number of hydrogen-bond donors (Lipinski definition) is 2. The summed E-state index contributed by atoms with van der Waals surface area (Å²) in [6.45, 7) is 0. The van der Waals surface area contributed by atoms with E-state index in [9.17, 15) is 9.59 Å². The van der Waals surface area contributed by atoms with Crippen LogP contribution in [0.3, 0.4) is 0 Å². The predicted octanol–water partition coefficient (Wildman–Crippen LogP) is 2.69. The van der Waals surface area contributed by atoms with Crippen molar-refractivity contribution < 1.29 is 9.59 Å². The minimum atomic E-state index is -0.247. The molecule has 1 aromatic carbocycles. The van der Waals surface area contributed by atoms with Gasteiger partial charge in [-0.2, -0.15) is 0 Å². The Labute approximate surface area is 121 Å². The molecule has 20 heavy (non-hydrogen) atoms. The van der Waals surface area contributed by atoms with Crippen molar-refractivity contribution >= 4 is 29.3 Å². The second-order valence-electron chi connectivity index (χ2n) is 4.13. The lowest BCUT2D eigenvalue weighted by atomic mass is 10.2. The van der Waals surface area contributed by atoms with Gasteiger partial charge in [0.05, 0.1) is 5.69 Å². The first-order chi connectivity index (χ1) is 9.72. The Kier molecular flexibility index (Phi) is 4.84. The molecule has 2 N–H and O–H groups in total. The van der Waals surface area contributed by atoms with Gasteiger partial charge in [-0.25, -0.2) is 9.78 Å². The topological polar surface area (TPSA) is 71.1 Å². The van der Waals surface area contributed by atoms with E-state index in [2.05, 4.69) is 15.6 Å². The first-order valence-electron chi connectivity index (χ1n) is 6.20. The molecule has 0 saturated carbocycles. The van der Waals surface area contributed by atoms with Crippen LogP contribution in [-0.2, 0) is 11.2 Å². The van der Waals surface area contributed by atoms with Crippen LogP contribution in [0.2, 0.25) is 0 Å². The van der Waals surface area contributed by atoms with Gasteiger partial charge in [0.1, 0.15) is 11.3 Å². The smallest absolute Gasteiger partial charge is 0.318 e. The first-order valence-corrected chi connectivity index (χ1v) is 7.08. The molecule has 1 aromatic heterocycles. The van der Waals surface area contributed by atoms with Crippen molar-refractivity contribution in [3.05, 3.63) is 35.3 Å². The number of nitrogens with one attached hydrogen (secondary N) is 2. The Morgan fingerprint density at radius 3 is 2.75 bits per heavy atom. The second-order valence-corrected chi connectivity index (χ2v) is 4.99. The van der Waals surface area contributed by atoms with Gasteiger partial charge in [-0.1, -0.05) is 0 Å². The lowest BCUT2D eigenvalue weighted by molar-refractivity contribution is -0.107. The maximum Gasteiger partial charge on any atom is 0.318 e. The van der Waals surface area contributed by atoms with E-state index in [4.69, 9.17) is 0 Å². The Hall–Kier alpha value is -2.21. The molecular weight excluding hydrogens is 274 g/mol. The fourth-order valence-corrected chi connectivity index (χ4v) is 2.51. The van der Waals surface area contributed by atoms with Crippen molar-refractivity contribution in [2.75, 3.05) is 12.4 Å². The maximum atomic E-state index is 11.2. The zero-order chi connectivity index (χ0) is 14.4. The van der Waals surface area contributed by atoms with E-state index in [-0.39, 0.29) is 6.03 Å². The van der Waals surface area contributed by atoms with Crippen molar-refractivity contribution in [1.82, 2.24) is 10.3 Å². The van der Waals surface area contributed by atoms with Gasteiger partial charge in [-0.3, -0.25) is 0 Å². The molecule has 2 rings (SSSR count). The van der Waals surface area contributed by atoms with Gasteiger partial charge >= 0.3 is 6.03 Å². The minimum Gasteiger partial charge on any atom is -0.341 e. The molecule has 0 atom stereocenters. The lowest BCUT2D eigenvalue weighted by Gasteiger charge is -2.04. The van der Waals surface area contributed by atoms with E-state index >= 15 is 0 Å². The molecule has 1 heterocycles. The van der Waals surface area contributed by atoms with Crippen molar-refractivity contribution in [3.8, 4) is 10.6 Å². The number of anilines is 1. The zero-order valence-corrected chi connectivity index (χ0v) is 11.9. The number of rotatable bonds is 5. The predicted molar refractivity (Wildman–Crippen MR) is 80.0 cm³/mol. The van der Waals surface area contributed by atoms with Crippen LogP contribution < -0.4 is 10.6 Å². The van der Waals surface area contributed by atoms with Crippen molar-refractivity contribution in [2.24, 2.45) is 0 Å². The molecule has 0 bridgehead atoms. The average Bonchev–Trinajstić information content (AvgIpc) is 2.94. The van der Waals surface area contributed by atoms with Gasteiger partial charge < -0.3 is 15.4 Å². The third-order valence-electron chi connectivity index (χ3n) is 2.69. The van der Waals surface area contributed by atoms with E-state index in [1.165, 1.54) is 0 Å². The summed E-state index contributed by atoms with van der Waals surface area (Å²) in [5.41, 5.74) is 2.66. The number of thiazole rings is 1. The van der Waals surface area contributed by atoms with E-state index in [0.717, 1.165) is 28.2 Å². The quantitative estimate of drug-likeness (QED) is 0.831. The van der Waals surface area contributed by atoms with Crippen LogP contribution in [0.15, 0.2) is 29.6 Å². The number of amides is 2. The number of aromatic nitrogens is 1. The molecule has 0 radical (unpaired) electrons. The summed E-state index contributed by atoms with van der Waals surface area (Å²) in [5.74, 6) is 0. The highest BCUT2D eigenvalue weighted by molar-refractivity contribution is 7.13. The number of carbonyl (C=O) groups is 2. The number of aryl methyl sites for hydroxylation is 1. The molecule has 104 valence electrons. The number of carbonyl (C=O) groups excluding carboxylic acids is 2. The average molecular weight is 289 g/mol. The number of benzene rings is 1. The van der Waals surface area contributed by atoms with Gasteiger partial charge in [-0.05, 0) is 30.7 Å². The normalized spacial score (nSPS) is 10.1. The number of nitrogens with zero attached hydrogens (tertiary/aromatic N) is 1. The first kappa shape index (κ1) is 14.2. The molecule has 0 unspecified atom stereocenters. The minimum absolute atomic E-state index is 0.247. The summed E-state index contributed by atoms with van der Waals surface area (Å²) in [6.07, 6.45) is 2.08. The van der Waals surface area contributed by atoms with Gasteiger partial charge in [0.15, 0.2) is 0 Å². The van der Waals surface area contributed by atoms with Gasteiger partial charge in [0.2, 0.25) is 0 Å². The second kappa shape index (κ2) is 6.81. The standard InChI is InChI=1S/C14H15N3O2S/c1-15-14(19)17-11-6-4-10(5-7-11)13-16-12(9-20-13)3-2-8-18/h4-9H,2-3H2,1H3,(H2,15,17,19). The molecule has 0 aliphatic rings. The number of hydrogen-bond acceptors (Lipinski definition) is 4. The van der Waals surface area contributed by atoms with Crippen LogP contribution in [0, 0.1) is 0 Å². The highest BCUT2D eigenvalue weighted by atomic mass is 32.1. The molecular formula is C14H15N3O2S. The summed E-state index contributed by atoms with van der Waals surface area (Å²) < 4.78 is 0. The summed E-state index contributed by atoms with van der Waals surface area (Å²) in [4.78, 5) is 26.0. The molecule has 0 fully saturated rings. The van der Waals surface area contributed by atoms with Gasteiger partial charge in [0.25, 0.3) is 0 Å². The molecule has 0 saturated heterocycles. The van der Waals surface area contributed by atoms with E-state index < -0.39 is 0 Å². The molecule has 0 spiro atoms. The van der Waals surface area contributed by atoms with E-state index in [1.807, 2.05) is 29.6 Å². The monoisotopic (exact) mass is 289 g/mol. The highest BCUT2D eigenvalue weighted by Crippen LogP contribution is 2.25. The summed E-state index contributed by atoms with van der Waals surface area (Å²) >= 11 is 1.55. The van der Waals surface area contributed by atoms with Crippen LogP contribution in [0.4, 0.5) is 10.5 Å². The molecule has 6 heteroatoms. The van der Waals surface area contributed by atoms with Crippen LogP contribution >= 0.6 is 11.3 Å². The maximum absolute atomic E-state index is 11.2. The van der Waals surface area contributed by atoms with Gasteiger partial charge in [-0.15, -0.1) is 11.3 Å². The van der Waals surface area contributed by atoms with Crippen LogP contribution in [0.5, 0.6) is 0 Å². The fourth-order valence-electron chi connectivity index (χ4n) is 1.65. The van der Waals surface area contributed by atoms with E-state index in [0.29, 0.717) is 12.8 Å². The lowest BCUT2D eigenvalue weighted by Crippen LogP contribution is -2.24. The largest absolute Gasteiger partial charge is 0.341 e. The van der Waals surface area contributed by atoms with Crippen molar-refractivity contribution in [3.63, 3.8) is 0 Å². The third kappa shape index (κ3) is 3.64. The Morgan fingerprint density at radius 1 is 1.35 bits per heavy atom. The number of aldehydes is 1. The van der Waals surface area contributed by atoms with Crippen LogP contribution in [-0.4, -0.2) is 24.3 Å². The summed E-state index contributed by atoms with van der Waals surface area (Å²) in [6, 6.07) is 7.23. The highest BCUT2D eigenvalue weighted by Gasteiger charge is 2.05. The van der Waals surface area contributed by atoms with Gasteiger partial charge in [0, 0.05) is 30.1 Å². The Balaban J connectivity index is 2.07. The third-order valence-corrected chi connectivity index (χ3v) is 3.63. The van der Waals surface area contributed by atoms with Crippen LogP contribution in [0.25, 0.3) is 10.6 Å². The molecule has 0 aliphatic carbocycles. The molecule has 2 aromatic rings. The van der Waals surface area contributed by atoms with Crippen molar-refractivity contribution in [1.29, 1.82) is 0 Å². The molecule has 2 amide bonds. The summed E-state index contributed by atoms with van der Waals surface area (Å²) in [5, 5.41) is 8.07. The van der Waals surface area contributed by atoms with E-state index in [1.54, 1.807) is 18.4 Å². The van der Waals surface area contributed by atoms with Crippen molar-refractivity contribution in [2.45, 2.75) is 12.8 Å². The SMILES string of the molecule is CNC(=O)Nc1ccc(-c2nc(CCC=O)cs2)cc1. The zero-order valence-electron chi connectivity index (χ0n) is 11.1. The summed E-state index contributed by atoms with van der Waals surface area (Å²) in [7, 11) is 1.57. The fraction of sp³-hybridized carbons (Fsp3) is 0.214. The van der Waals surface area contributed by atoms with Crippen LogP contribution in [0.1, 0.15) is 12.1 Å². The Morgan fingerprint density at radius 2 is 2.10 bits per heavy atom. The Bertz CT molecular complexity index is 593.